The summed E-state index contributed by atoms with van der Waals surface area (Å²) in [7, 11) is 3.30. The number of methoxy groups -OCH3 is 1. The Morgan fingerprint density at radius 3 is 2.56 bits per heavy atom. The second-order valence-corrected chi connectivity index (χ2v) is 8.13. The van der Waals surface area contributed by atoms with Gasteiger partial charge in [-0.05, 0) is 59.8 Å². The third-order valence-electron chi connectivity index (χ3n) is 5.45. The van der Waals surface area contributed by atoms with Crippen LogP contribution in [0.2, 0.25) is 0 Å². The molecule has 0 radical (unpaired) electrons. The van der Waals surface area contributed by atoms with Crippen LogP contribution in [0, 0.1) is 0 Å². The highest BCUT2D eigenvalue weighted by atomic mass is 79.9. The van der Waals surface area contributed by atoms with E-state index in [-0.39, 0.29) is 17.5 Å². The van der Waals surface area contributed by atoms with E-state index < -0.39 is 0 Å². The molecule has 1 saturated carbocycles. The largest absolute Gasteiger partial charge is 0.497 e. The highest BCUT2D eigenvalue weighted by molar-refractivity contribution is 9.10. The van der Waals surface area contributed by atoms with E-state index in [1.165, 1.54) is 4.68 Å². The molecule has 27 heavy (non-hydrogen) atoms. The van der Waals surface area contributed by atoms with E-state index >= 15 is 0 Å². The van der Waals surface area contributed by atoms with Crippen LogP contribution in [-0.4, -0.2) is 45.4 Å². The van der Waals surface area contributed by atoms with Crippen molar-refractivity contribution in [2.75, 3.05) is 20.2 Å². The van der Waals surface area contributed by atoms with Crippen LogP contribution in [0.25, 0.3) is 0 Å². The molecule has 0 spiro atoms. The molecule has 2 heterocycles. The fourth-order valence-electron chi connectivity index (χ4n) is 3.76. The van der Waals surface area contributed by atoms with Crippen molar-refractivity contribution in [3.05, 3.63) is 44.5 Å². The van der Waals surface area contributed by atoms with Gasteiger partial charge in [0.25, 0.3) is 5.91 Å². The Kier molecular flexibility index (Phi) is 4.84. The van der Waals surface area contributed by atoms with Gasteiger partial charge in [-0.1, -0.05) is 0 Å². The topological polar surface area (TPSA) is 69.4 Å². The molecule has 0 bridgehead atoms. The fraction of sp³-hybridized carbons (Fsp3) is 0.526. The number of ether oxygens (including phenoxy) is 1. The zero-order valence-corrected chi connectivity index (χ0v) is 17.1. The molecule has 2 aliphatic rings. The number of carbonyl (C=O) groups excluding carboxylic acids is 1. The summed E-state index contributed by atoms with van der Waals surface area (Å²) in [5.41, 5.74) is 0.590. The number of halogens is 1. The van der Waals surface area contributed by atoms with Crippen LogP contribution in [-0.2, 0) is 7.05 Å². The number of piperidine rings is 1. The first-order valence-electron chi connectivity index (χ1n) is 9.28. The monoisotopic (exact) mass is 434 g/mol. The third-order valence-corrected chi connectivity index (χ3v) is 6.14. The summed E-state index contributed by atoms with van der Waals surface area (Å²) in [5.74, 6) is 1.77. The summed E-state index contributed by atoms with van der Waals surface area (Å²) >= 11 is 3.46. The number of nitrogens with zero attached hydrogens (tertiary/aromatic N) is 4. The highest BCUT2D eigenvalue weighted by Gasteiger charge is 2.34. The summed E-state index contributed by atoms with van der Waals surface area (Å²) in [6.07, 6.45) is 3.74. The molecule has 1 aromatic carbocycles. The SMILES string of the molecule is COc1ccc(Br)c(C(=O)N2CCC(c3nn(C)c(=O)n3C3CC3)CC2)c1. The molecule has 4 rings (SSSR count). The van der Waals surface area contributed by atoms with Gasteiger partial charge in [-0.15, -0.1) is 0 Å². The van der Waals surface area contributed by atoms with Gasteiger partial charge in [-0.3, -0.25) is 9.36 Å². The molecule has 1 amide bonds. The van der Waals surface area contributed by atoms with Crippen LogP contribution >= 0.6 is 15.9 Å². The van der Waals surface area contributed by atoms with Crippen LogP contribution < -0.4 is 10.4 Å². The minimum atomic E-state index is -0.0219. The number of likely N-dealkylation sites (tertiary alicyclic amines) is 1. The van der Waals surface area contributed by atoms with Crippen molar-refractivity contribution < 1.29 is 9.53 Å². The van der Waals surface area contributed by atoms with E-state index in [9.17, 15) is 9.59 Å². The van der Waals surface area contributed by atoms with Crippen molar-refractivity contribution in [2.24, 2.45) is 7.05 Å². The number of hydrogen-bond acceptors (Lipinski definition) is 4. The van der Waals surface area contributed by atoms with Crippen LogP contribution in [0.15, 0.2) is 27.5 Å². The molecular weight excluding hydrogens is 412 g/mol. The Morgan fingerprint density at radius 2 is 1.93 bits per heavy atom. The van der Waals surface area contributed by atoms with Gasteiger partial charge in [0.15, 0.2) is 0 Å². The zero-order valence-electron chi connectivity index (χ0n) is 15.5. The van der Waals surface area contributed by atoms with Crippen LogP contribution in [0.5, 0.6) is 5.75 Å². The molecule has 0 N–H and O–H groups in total. The number of benzene rings is 1. The number of hydrogen-bond donors (Lipinski definition) is 0. The van der Waals surface area contributed by atoms with Crippen LogP contribution in [0.4, 0.5) is 0 Å². The van der Waals surface area contributed by atoms with Crippen molar-refractivity contribution in [2.45, 2.75) is 37.6 Å². The second kappa shape index (κ2) is 7.14. The minimum absolute atomic E-state index is 0.000158. The average molecular weight is 435 g/mol. The molecule has 1 aromatic heterocycles. The lowest BCUT2D eigenvalue weighted by Gasteiger charge is -2.32. The summed E-state index contributed by atoms with van der Waals surface area (Å²) in [5, 5.41) is 4.50. The third kappa shape index (κ3) is 3.42. The first-order valence-corrected chi connectivity index (χ1v) is 10.1. The highest BCUT2D eigenvalue weighted by Crippen LogP contribution is 2.37. The molecule has 7 nitrogen and oxygen atoms in total. The molecule has 144 valence electrons. The lowest BCUT2D eigenvalue weighted by molar-refractivity contribution is 0.0708. The molecule has 2 fully saturated rings. The Labute approximate surface area is 166 Å². The maximum atomic E-state index is 12.9. The molecular formula is C19H23BrN4O3. The van der Waals surface area contributed by atoms with Gasteiger partial charge < -0.3 is 9.64 Å². The molecule has 2 aromatic rings. The van der Waals surface area contributed by atoms with Crippen molar-refractivity contribution in [3.63, 3.8) is 0 Å². The van der Waals surface area contributed by atoms with Crippen LogP contribution in [0.1, 0.15) is 53.8 Å². The summed E-state index contributed by atoms with van der Waals surface area (Å²) in [6.45, 7) is 1.31. The van der Waals surface area contributed by atoms with Gasteiger partial charge in [0.2, 0.25) is 0 Å². The first-order chi connectivity index (χ1) is 13.0. The lowest BCUT2D eigenvalue weighted by atomic mass is 9.95. The molecule has 1 saturated heterocycles. The van der Waals surface area contributed by atoms with Gasteiger partial charge in [-0.2, -0.15) is 5.10 Å². The number of aryl methyl sites for hydroxylation is 1. The second-order valence-electron chi connectivity index (χ2n) is 7.28. The van der Waals surface area contributed by atoms with Gasteiger partial charge >= 0.3 is 5.69 Å². The number of amides is 1. The van der Waals surface area contributed by atoms with Crippen molar-refractivity contribution in [3.8, 4) is 5.75 Å². The quantitative estimate of drug-likeness (QED) is 0.741. The van der Waals surface area contributed by atoms with Gasteiger partial charge in [0.05, 0.1) is 12.7 Å². The first kappa shape index (κ1) is 18.3. The Morgan fingerprint density at radius 1 is 1.22 bits per heavy atom. The summed E-state index contributed by atoms with van der Waals surface area (Å²) in [4.78, 5) is 27.2. The summed E-state index contributed by atoms with van der Waals surface area (Å²) in [6, 6.07) is 5.74. The van der Waals surface area contributed by atoms with E-state index in [0.29, 0.717) is 30.4 Å². The standard InChI is InChI=1S/C19H23BrN4O3/c1-22-19(26)24(13-3-4-13)17(21-22)12-7-9-23(10-8-12)18(25)15-11-14(27-2)5-6-16(15)20/h5-6,11-13H,3-4,7-10H2,1-2H3. The Balaban J connectivity index is 1.49. The molecule has 1 aliphatic heterocycles. The van der Waals surface area contributed by atoms with Crippen molar-refractivity contribution in [1.82, 2.24) is 19.2 Å². The van der Waals surface area contributed by atoms with E-state index in [0.717, 1.165) is 36.0 Å². The van der Waals surface area contributed by atoms with E-state index in [1.807, 2.05) is 21.6 Å². The van der Waals surface area contributed by atoms with Crippen molar-refractivity contribution >= 4 is 21.8 Å². The van der Waals surface area contributed by atoms with E-state index in [4.69, 9.17) is 4.74 Å². The Bertz CT molecular complexity index is 924. The number of carbonyl (C=O) groups is 1. The molecule has 8 heteroatoms. The number of aromatic nitrogens is 3. The zero-order chi connectivity index (χ0) is 19.1. The summed E-state index contributed by atoms with van der Waals surface area (Å²) < 4.78 is 9.33. The van der Waals surface area contributed by atoms with Gasteiger partial charge in [-0.25, -0.2) is 9.48 Å². The van der Waals surface area contributed by atoms with E-state index in [1.54, 1.807) is 20.2 Å². The fourth-order valence-corrected chi connectivity index (χ4v) is 4.18. The van der Waals surface area contributed by atoms with Gasteiger partial charge in [0.1, 0.15) is 11.6 Å². The molecule has 0 atom stereocenters. The van der Waals surface area contributed by atoms with Crippen molar-refractivity contribution in [1.29, 1.82) is 0 Å². The minimum Gasteiger partial charge on any atom is -0.497 e. The normalized spacial score (nSPS) is 18.0. The predicted octanol–water partition coefficient (Wildman–Crippen LogP) is 2.71. The average Bonchev–Trinajstić information content (AvgIpc) is 3.47. The maximum absolute atomic E-state index is 12.9. The van der Waals surface area contributed by atoms with E-state index in [2.05, 4.69) is 21.0 Å². The van der Waals surface area contributed by atoms with Crippen LogP contribution in [0.3, 0.4) is 0 Å². The maximum Gasteiger partial charge on any atom is 0.345 e. The molecule has 0 unspecified atom stereocenters. The smallest absolute Gasteiger partial charge is 0.345 e. The number of rotatable bonds is 4. The van der Waals surface area contributed by atoms with Gasteiger partial charge in [0, 0.05) is 36.6 Å². The Hall–Kier alpha value is -2.09. The predicted molar refractivity (Wildman–Crippen MR) is 104 cm³/mol. The lowest BCUT2D eigenvalue weighted by Crippen LogP contribution is -2.38. The molecule has 1 aliphatic carbocycles.